The van der Waals surface area contributed by atoms with Gasteiger partial charge in [0, 0.05) is 4.57 Å². The fourth-order valence-electron chi connectivity index (χ4n) is 3.99. The Morgan fingerprint density at radius 2 is 1.22 bits per heavy atom. The molecule has 6 rings (SSSR count). The van der Waals surface area contributed by atoms with E-state index >= 15 is 0 Å². The van der Waals surface area contributed by atoms with Gasteiger partial charge in [-0.25, -0.2) is 19.9 Å². The minimum atomic E-state index is -2.41. The van der Waals surface area contributed by atoms with Crippen molar-refractivity contribution in [3.05, 3.63) is 25.0 Å². The van der Waals surface area contributed by atoms with Crippen LogP contribution < -0.4 is 11.5 Å². The van der Waals surface area contributed by atoms with Crippen LogP contribution in [0.2, 0.25) is 0 Å². The van der Waals surface area contributed by atoms with Gasteiger partial charge in [-0.05, 0) is 25.7 Å². The van der Waals surface area contributed by atoms with Gasteiger partial charge in [0.25, 0.3) is 0 Å². The number of fused-ring (bicyclic) bond motifs is 2. The third-order valence-corrected chi connectivity index (χ3v) is 6.97. The SMILES string of the molecule is Nc1ncc2ncn(CC3(OCO[P+](=O)OCOC4(Cn5cnc6cnc(N)nc65)CC4)CC3)c2n1. The molecule has 2 fully saturated rings. The molecule has 2 aliphatic rings. The summed E-state index contributed by atoms with van der Waals surface area (Å²) in [5.41, 5.74) is 13.1. The number of anilines is 2. The summed E-state index contributed by atoms with van der Waals surface area (Å²) in [4.78, 5) is 24.9. The van der Waals surface area contributed by atoms with Crippen LogP contribution in [-0.4, -0.2) is 63.8 Å². The molecule has 0 aliphatic heterocycles. The highest BCUT2D eigenvalue weighted by molar-refractivity contribution is 7.33. The topological polar surface area (TPSA) is 193 Å². The Balaban J connectivity index is 0.951. The number of rotatable bonds is 12. The molecule has 0 bridgehead atoms. The smallest absolute Gasteiger partial charge is 0.368 e. The number of imidazole rings is 2. The summed E-state index contributed by atoms with van der Waals surface area (Å²) in [5.74, 6) is 0.361. The van der Waals surface area contributed by atoms with Crippen molar-refractivity contribution in [2.75, 3.05) is 25.1 Å². The van der Waals surface area contributed by atoms with Crippen LogP contribution in [-0.2, 0) is 36.2 Å². The Labute approximate surface area is 205 Å². The maximum Gasteiger partial charge on any atom is 0.702 e. The summed E-state index contributed by atoms with van der Waals surface area (Å²) in [6, 6.07) is 0. The molecule has 0 amide bonds. The summed E-state index contributed by atoms with van der Waals surface area (Å²) < 4.78 is 38.1. The Kier molecular flexibility index (Phi) is 5.73. The second-order valence-corrected chi connectivity index (χ2v) is 9.95. The van der Waals surface area contributed by atoms with E-state index in [0.29, 0.717) is 35.4 Å². The Morgan fingerprint density at radius 1 is 0.778 bits per heavy atom. The van der Waals surface area contributed by atoms with Crippen LogP contribution in [0.5, 0.6) is 0 Å². The monoisotopic (exact) mass is 515 g/mol. The zero-order valence-corrected chi connectivity index (χ0v) is 20.1. The van der Waals surface area contributed by atoms with Crippen molar-refractivity contribution >= 4 is 42.5 Å². The number of nitrogens with two attached hydrogens (primary N) is 2. The molecule has 2 aliphatic carbocycles. The highest BCUT2D eigenvalue weighted by atomic mass is 31.1. The maximum absolute atomic E-state index is 12.2. The summed E-state index contributed by atoms with van der Waals surface area (Å²) in [6.07, 6.45) is 9.83. The molecule has 0 atom stereocenters. The lowest BCUT2D eigenvalue weighted by Crippen LogP contribution is -2.23. The molecule has 4 aromatic rings. The predicted octanol–water partition coefficient (Wildman–Crippen LogP) is 1.53. The van der Waals surface area contributed by atoms with E-state index in [1.54, 1.807) is 25.0 Å². The van der Waals surface area contributed by atoms with Gasteiger partial charge in [0.05, 0.1) is 49.3 Å². The average Bonchev–Trinajstić information content (AvgIpc) is 3.72. The van der Waals surface area contributed by atoms with Gasteiger partial charge in [0.1, 0.15) is 11.0 Å². The Hall–Kier alpha value is -3.36. The van der Waals surface area contributed by atoms with E-state index in [1.165, 1.54) is 0 Å². The van der Waals surface area contributed by atoms with Crippen LogP contribution in [0.3, 0.4) is 0 Å². The van der Waals surface area contributed by atoms with Crippen molar-refractivity contribution in [3.63, 3.8) is 0 Å². The molecule has 0 aromatic carbocycles. The first-order valence-corrected chi connectivity index (χ1v) is 12.4. The van der Waals surface area contributed by atoms with Gasteiger partial charge in [-0.15, -0.1) is 0 Å². The third-order valence-electron chi connectivity index (χ3n) is 6.33. The summed E-state index contributed by atoms with van der Waals surface area (Å²) in [5, 5.41) is 0. The minimum Gasteiger partial charge on any atom is -0.368 e. The quantitative estimate of drug-likeness (QED) is 0.204. The van der Waals surface area contributed by atoms with Crippen LogP contribution in [0.15, 0.2) is 25.0 Å². The highest BCUT2D eigenvalue weighted by Gasteiger charge is 2.47. The van der Waals surface area contributed by atoms with Gasteiger partial charge in [-0.2, -0.15) is 9.97 Å². The second kappa shape index (κ2) is 8.94. The summed E-state index contributed by atoms with van der Waals surface area (Å²) in [6.45, 7) is 0.691. The van der Waals surface area contributed by atoms with Gasteiger partial charge >= 0.3 is 8.25 Å². The summed E-state index contributed by atoms with van der Waals surface area (Å²) >= 11 is 0. The largest absolute Gasteiger partial charge is 0.702 e. The van der Waals surface area contributed by atoms with Crippen LogP contribution in [0.25, 0.3) is 22.3 Å². The number of nitrogen functional groups attached to an aromatic ring is 2. The number of hydrogen-bond donors (Lipinski definition) is 2. The Bertz CT molecular complexity index is 1330. The molecule has 0 saturated heterocycles. The first-order valence-electron chi connectivity index (χ1n) is 11.3. The molecule has 4 heterocycles. The van der Waals surface area contributed by atoms with E-state index in [4.69, 9.17) is 30.0 Å². The maximum atomic E-state index is 12.2. The molecule has 4 aromatic heterocycles. The number of nitrogens with zero attached hydrogens (tertiary/aromatic N) is 8. The van der Waals surface area contributed by atoms with Gasteiger partial charge in [0.2, 0.25) is 25.5 Å². The summed E-state index contributed by atoms with van der Waals surface area (Å²) in [7, 11) is -2.41. The van der Waals surface area contributed by atoms with Gasteiger partial charge in [-0.3, -0.25) is 0 Å². The predicted molar refractivity (Wildman–Crippen MR) is 125 cm³/mol. The second-order valence-electron chi connectivity index (χ2n) is 8.99. The number of ether oxygens (including phenoxy) is 2. The molecule has 16 heteroatoms. The van der Waals surface area contributed by atoms with Crippen LogP contribution in [0.4, 0.5) is 11.9 Å². The van der Waals surface area contributed by atoms with Crippen molar-refractivity contribution in [1.29, 1.82) is 0 Å². The van der Waals surface area contributed by atoms with Gasteiger partial charge in [-0.1, -0.05) is 9.05 Å². The Morgan fingerprint density at radius 3 is 1.64 bits per heavy atom. The molecule has 2 saturated carbocycles. The zero-order chi connectivity index (χ0) is 24.8. The van der Waals surface area contributed by atoms with Crippen LogP contribution in [0.1, 0.15) is 25.7 Å². The van der Waals surface area contributed by atoms with Crippen molar-refractivity contribution in [3.8, 4) is 0 Å². The fraction of sp³-hybridized carbons (Fsp3) is 0.500. The third kappa shape index (κ3) is 4.83. The van der Waals surface area contributed by atoms with E-state index in [-0.39, 0.29) is 25.5 Å². The van der Waals surface area contributed by atoms with Crippen LogP contribution in [0, 0.1) is 0 Å². The van der Waals surface area contributed by atoms with E-state index in [1.807, 2.05) is 9.13 Å². The van der Waals surface area contributed by atoms with Crippen molar-refractivity contribution in [2.24, 2.45) is 0 Å². The van der Waals surface area contributed by atoms with Crippen molar-refractivity contribution in [1.82, 2.24) is 39.0 Å². The molecule has 36 heavy (non-hydrogen) atoms. The van der Waals surface area contributed by atoms with Gasteiger partial charge < -0.3 is 30.1 Å². The first kappa shape index (κ1) is 23.1. The molecule has 0 unspecified atom stereocenters. The first-order chi connectivity index (χ1) is 17.4. The molecule has 0 radical (unpaired) electrons. The number of hydrogen-bond acceptors (Lipinski definition) is 13. The lowest BCUT2D eigenvalue weighted by atomic mass is 10.3. The molecule has 4 N–H and O–H groups in total. The normalized spacial score (nSPS) is 17.6. The molecular weight excluding hydrogens is 491 g/mol. The van der Waals surface area contributed by atoms with Crippen LogP contribution >= 0.6 is 8.25 Å². The number of aromatic nitrogens is 8. The highest BCUT2D eigenvalue weighted by Crippen LogP contribution is 2.43. The fourth-order valence-corrected chi connectivity index (χ4v) is 4.34. The van der Waals surface area contributed by atoms with E-state index < -0.39 is 19.5 Å². The molecule has 15 nitrogen and oxygen atoms in total. The molecule has 188 valence electrons. The molecular formula is C20H24N10O5P+. The lowest BCUT2D eigenvalue weighted by molar-refractivity contribution is -0.0808. The minimum absolute atomic E-state index is 0.174. The van der Waals surface area contributed by atoms with Crippen molar-refractivity contribution < 1.29 is 23.1 Å². The lowest BCUT2D eigenvalue weighted by Gasteiger charge is -2.16. The van der Waals surface area contributed by atoms with E-state index in [0.717, 1.165) is 25.7 Å². The van der Waals surface area contributed by atoms with E-state index in [2.05, 4.69) is 29.9 Å². The van der Waals surface area contributed by atoms with Crippen molar-refractivity contribution in [2.45, 2.75) is 50.0 Å². The zero-order valence-electron chi connectivity index (χ0n) is 19.2. The average molecular weight is 515 g/mol. The molecule has 0 spiro atoms. The van der Waals surface area contributed by atoms with Gasteiger partial charge in [0.15, 0.2) is 11.3 Å². The van der Waals surface area contributed by atoms with E-state index in [9.17, 15) is 4.57 Å². The standard InChI is InChI=1S/C20H24N10O5P/c21-17-23-5-13-15(27-17)29(9-25-13)7-19(1-2-19)32-11-34-36(31)35-12-33-20(3-4-20)8-30-10-26-14-6-24-18(22)28-16(14)30/h5-6,9-10H,1-4,7-8,11-12H2,(H2,21,23,27)(H2,22,24,28)/q+1.